The van der Waals surface area contributed by atoms with E-state index >= 15 is 0 Å². The highest BCUT2D eigenvalue weighted by Crippen LogP contribution is 2.27. The molecule has 1 aromatic rings. The maximum atomic E-state index is 13.7. The lowest BCUT2D eigenvalue weighted by Gasteiger charge is -2.34. The molecule has 1 aromatic carbocycles. The highest BCUT2D eigenvalue weighted by Gasteiger charge is 2.26. The lowest BCUT2D eigenvalue weighted by Crippen LogP contribution is -2.39. The molecular weight excluding hydrogens is 255 g/mol. The van der Waals surface area contributed by atoms with Crippen molar-refractivity contribution in [2.75, 3.05) is 25.5 Å². The molecular formula is C16H23FN2O. The molecule has 1 saturated heterocycles. The predicted octanol–water partition coefficient (Wildman–Crippen LogP) is 3.38. The molecule has 0 spiro atoms. The van der Waals surface area contributed by atoms with Crippen LogP contribution in [-0.2, 0) is 0 Å². The van der Waals surface area contributed by atoms with Gasteiger partial charge in [-0.15, -0.1) is 0 Å². The summed E-state index contributed by atoms with van der Waals surface area (Å²) < 4.78 is 13.7. The van der Waals surface area contributed by atoms with Crippen molar-refractivity contribution in [2.24, 2.45) is 11.8 Å². The van der Waals surface area contributed by atoms with Gasteiger partial charge in [0.05, 0.1) is 11.3 Å². The van der Waals surface area contributed by atoms with Crippen LogP contribution in [0.1, 0.15) is 37.0 Å². The number of rotatable bonds is 3. The van der Waals surface area contributed by atoms with E-state index in [4.69, 9.17) is 0 Å². The topological polar surface area (TPSA) is 32.3 Å². The van der Waals surface area contributed by atoms with E-state index in [0.717, 1.165) is 25.9 Å². The third kappa shape index (κ3) is 2.94. The summed E-state index contributed by atoms with van der Waals surface area (Å²) in [5, 5.41) is 2.79. The predicted molar refractivity (Wildman–Crippen MR) is 79.4 cm³/mol. The molecule has 1 amide bonds. The molecule has 0 aliphatic carbocycles. The lowest BCUT2D eigenvalue weighted by molar-refractivity contribution is 0.0668. The maximum Gasteiger partial charge on any atom is 0.256 e. The zero-order chi connectivity index (χ0) is 14.7. The Balaban J connectivity index is 2.11. The second-order valence-corrected chi connectivity index (χ2v) is 5.79. The number of nitrogens with one attached hydrogen (secondary N) is 1. The summed E-state index contributed by atoms with van der Waals surface area (Å²) >= 11 is 0. The summed E-state index contributed by atoms with van der Waals surface area (Å²) in [7, 11) is 1.64. The quantitative estimate of drug-likeness (QED) is 0.919. The summed E-state index contributed by atoms with van der Waals surface area (Å²) in [6, 6.07) is 4.64. The van der Waals surface area contributed by atoms with Crippen molar-refractivity contribution >= 4 is 11.6 Å². The number of nitrogens with zero attached hydrogens (tertiary/aromatic N) is 1. The zero-order valence-corrected chi connectivity index (χ0v) is 12.4. The number of benzene rings is 1. The van der Waals surface area contributed by atoms with E-state index in [1.54, 1.807) is 19.2 Å². The van der Waals surface area contributed by atoms with Crippen LogP contribution < -0.4 is 5.32 Å². The Hall–Kier alpha value is -1.58. The van der Waals surface area contributed by atoms with Crippen LogP contribution >= 0.6 is 0 Å². The van der Waals surface area contributed by atoms with Crippen molar-refractivity contribution in [3.05, 3.63) is 29.6 Å². The second kappa shape index (κ2) is 6.25. The summed E-state index contributed by atoms with van der Waals surface area (Å²) in [4.78, 5) is 14.4. The SMILES string of the molecule is CNc1c(F)cccc1C(=O)N1CCC(C(C)C)CC1. The number of amides is 1. The fourth-order valence-corrected chi connectivity index (χ4v) is 2.90. The van der Waals surface area contributed by atoms with Crippen LogP contribution in [0.3, 0.4) is 0 Å². The van der Waals surface area contributed by atoms with Gasteiger partial charge in [-0.3, -0.25) is 4.79 Å². The summed E-state index contributed by atoms with van der Waals surface area (Å²) in [6.45, 7) is 5.99. The van der Waals surface area contributed by atoms with Crippen LogP contribution in [0.4, 0.5) is 10.1 Å². The number of hydrogen-bond donors (Lipinski definition) is 1. The third-order valence-electron chi connectivity index (χ3n) is 4.26. The third-order valence-corrected chi connectivity index (χ3v) is 4.26. The van der Waals surface area contributed by atoms with Crippen LogP contribution in [0.25, 0.3) is 0 Å². The highest BCUT2D eigenvalue weighted by molar-refractivity contribution is 5.99. The monoisotopic (exact) mass is 278 g/mol. The Morgan fingerprint density at radius 1 is 1.35 bits per heavy atom. The number of para-hydroxylation sites is 1. The van der Waals surface area contributed by atoms with Crippen molar-refractivity contribution in [3.63, 3.8) is 0 Å². The van der Waals surface area contributed by atoms with Gasteiger partial charge in [-0.2, -0.15) is 0 Å². The van der Waals surface area contributed by atoms with Gasteiger partial charge in [0.1, 0.15) is 5.82 Å². The fraction of sp³-hybridized carbons (Fsp3) is 0.562. The molecule has 110 valence electrons. The molecule has 0 saturated carbocycles. The number of carbonyl (C=O) groups is 1. The van der Waals surface area contributed by atoms with Gasteiger partial charge < -0.3 is 10.2 Å². The molecule has 1 fully saturated rings. The number of carbonyl (C=O) groups excluding carboxylic acids is 1. The molecule has 1 N–H and O–H groups in total. The van der Waals surface area contributed by atoms with Gasteiger partial charge in [0, 0.05) is 20.1 Å². The molecule has 0 radical (unpaired) electrons. The molecule has 0 aromatic heterocycles. The van der Waals surface area contributed by atoms with Gasteiger partial charge in [-0.1, -0.05) is 19.9 Å². The van der Waals surface area contributed by atoms with Gasteiger partial charge in [0.2, 0.25) is 0 Å². The molecule has 1 aliphatic rings. The van der Waals surface area contributed by atoms with E-state index in [2.05, 4.69) is 19.2 Å². The van der Waals surface area contributed by atoms with Crippen LogP contribution in [0, 0.1) is 17.7 Å². The summed E-state index contributed by atoms with van der Waals surface area (Å²) in [5.74, 6) is 0.899. The van der Waals surface area contributed by atoms with Crippen molar-refractivity contribution in [2.45, 2.75) is 26.7 Å². The Bertz CT molecular complexity index is 479. The number of hydrogen-bond acceptors (Lipinski definition) is 2. The first-order valence-corrected chi connectivity index (χ1v) is 7.30. The van der Waals surface area contributed by atoms with E-state index in [1.807, 2.05) is 4.90 Å². The molecule has 1 aliphatic heterocycles. The number of anilines is 1. The van der Waals surface area contributed by atoms with E-state index in [9.17, 15) is 9.18 Å². The minimum Gasteiger partial charge on any atom is -0.385 e. The van der Waals surface area contributed by atoms with Gasteiger partial charge in [0.25, 0.3) is 5.91 Å². The van der Waals surface area contributed by atoms with Crippen molar-refractivity contribution in [1.82, 2.24) is 4.90 Å². The van der Waals surface area contributed by atoms with Crippen LogP contribution in [0.2, 0.25) is 0 Å². The number of likely N-dealkylation sites (tertiary alicyclic amines) is 1. The molecule has 1 heterocycles. The Labute approximate surface area is 120 Å². The minimum absolute atomic E-state index is 0.0731. The van der Waals surface area contributed by atoms with Crippen molar-refractivity contribution < 1.29 is 9.18 Å². The normalized spacial score (nSPS) is 16.6. The van der Waals surface area contributed by atoms with Gasteiger partial charge in [-0.25, -0.2) is 4.39 Å². The molecule has 0 atom stereocenters. The van der Waals surface area contributed by atoms with Crippen LogP contribution in [0.5, 0.6) is 0 Å². The average molecular weight is 278 g/mol. The molecule has 20 heavy (non-hydrogen) atoms. The van der Waals surface area contributed by atoms with Crippen molar-refractivity contribution in [3.8, 4) is 0 Å². The molecule has 3 nitrogen and oxygen atoms in total. The first-order valence-electron chi connectivity index (χ1n) is 7.30. The standard InChI is InChI=1S/C16H23FN2O/c1-11(2)12-7-9-19(10-8-12)16(20)13-5-4-6-14(17)15(13)18-3/h4-6,11-12,18H,7-10H2,1-3H3. The Kier molecular flexibility index (Phi) is 4.63. The van der Waals surface area contributed by atoms with Gasteiger partial charge >= 0.3 is 0 Å². The largest absolute Gasteiger partial charge is 0.385 e. The number of piperidine rings is 1. The summed E-state index contributed by atoms with van der Waals surface area (Å²) in [6.07, 6.45) is 2.07. The smallest absolute Gasteiger partial charge is 0.256 e. The molecule has 2 rings (SSSR count). The van der Waals surface area contributed by atoms with Crippen molar-refractivity contribution in [1.29, 1.82) is 0 Å². The highest BCUT2D eigenvalue weighted by atomic mass is 19.1. The van der Waals surface area contributed by atoms with E-state index in [-0.39, 0.29) is 11.7 Å². The summed E-state index contributed by atoms with van der Waals surface area (Å²) in [5.41, 5.74) is 0.721. The van der Waals surface area contributed by atoms with Gasteiger partial charge in [-0.05, 0) is 36.8 Å². The Morgan fingerprint density at radius 2 is 2.00 bits per heavy atom. The fourth-order valence-electron chi connectivity index (χ4n) is 2.90. The van der Waals surface area contributed by atoms with Crippen LogP contribution in [-0.4, -0.2) is 30.9 Å². The first-order chi connectivity index (χ1) is 9.54. The van der Waals surface area contributed by atoms with E-state index in [0.29, 0.717) is 23.1 Å². The number of halogens is 1. The lowest BCUT2D eigenvalue weighted by atomic mass is 9.86. The second-order valence-electron chi connectivity index (χ2n) is 5.79. The minimum atomic E-state index is -0.379. The van der Waals surface area contributed by atoms with E-state index < -0.39 is 0 Å². The first kappa shape index (κ1) is 14.8. The molecule has 0 bridgehead atoms. The average Bonchev–Trinajstić information content (AvgIpc) is 2.46. The van der Waals surface area contributed by atoms with Gasteiger partial charge in [0.15, 0.2) is 0 Å². The molecule has 4 heteroatoms. The van der Waals surface area contributed by atoms with Crippen LogP contribution in [0.15, 0.2) is 18.2 Å². The Morgan fingerprint density at radius 3 is 2.55 bits per heavy atom. The zero-order valence-electron chi connectivity index (χ0n) is 12.4. The molecule has 0 unspecified atom stereocenters. The van der Waals surface area contributed by atoms with E-state index in [1.165, 1.54) is 6.07 Å². The maximum absolute atomic E-state index is 13.7.